The van der Waals surface area contributed by atoms with Gasteiger partial charge in [-0.25, -0.2) is 0 Å². The lowest BCUT2D eigenvalue weighted by Crippen LogP contribution is -2.38. The molecule has 0 bridgehead atoms. The first kappa shape index (κ1) is 15.3. The Bertz CT molecular complexity index is 151. The summed E-state index contributed by atoms with van der Waals surface area (Å²) in [5.74, 6) is 1.82. The van der Waals surface area contributed by atoms with Gasteiger partial charge in [0.2, 0.25) is 0 Å². The van der Waals surface area contributed by atoms with E-state index >= 15 is 0 Å². The van der Waals surface area contributed by atoms with E-state index in [-0.39, 0.29) is 0 Å². The van der Waals surface area contributed by atoms with Crippen molar-refractivity contribution < 1.29 is 0 Å². The molecule has 0 aliphatic rings. The lowest BCUT2D eigenvalue weighted by atomic mass is 10.0. The number of nitrogens with two attached hydrogens (primary N) is 1. The maximum Gasteiger partial charge on any atom is 0.0180 e. The van der Waals surface area contributed by atoms with Crippen molar-refractivity contribution in [1.82, 2.24) is 4.90 Å². The summed E-state index contributed by atoms with van der Waals surface area (Å²) in [6.45, 7) is 7.78. The van der Waals surface area contributed by atoms with Crippen LogP contribution in [-0.4, -0.2) is 42.6 Å². The van der Waals surface area contributed by atoms with Crippen LogP contribution in [0.4, 0.5) is 0 Å². The van der Waals surface area contributed by atoms with Gasteiger partial charge in [0.15, 0.2) is 0 Å². The van der Waals surface area contributed by atoms with Gasteiger partial charge in [-0.3, -0.25) is 0 Å². The van der Waals surface area contributed by atoms with Crippen LogP contribution in [-0.2, 0) is 0 Å². The molecule has 0 fully saturated rings. The molecule has 0 saturated carbocycles. The molecule has 0 aromatic heterocycles. The summed E-state index contributed by atoms with van der Waals surface area (Å²) in [5, 5.41) is 0. The van der Waals surface area contributed by atoms with Crippen LogP contribution >= 0.6 is 11.8 Å². The molecule has 0 spiro atoms. The first-order valence-corrected chi connectivity index (χ1v) is 7.37. The predicted molar refractivity (Wildman–Crippen MR) is 72.5 cm³/mol. The van der Waals surface area contributed by atoms with E-state index in [1.165, 1.54) is 12.2 Å². The van der Waals surface area contributed by atoms with Gasteiger partial charge in [0.25, 0.3) is 0 Å². The fourth-order valence-electron chi connectivity index (χ4n) is 1.62. The number of thioether (sulfide) groups is 1. The summed E-state index contributed by atoms with van der Waals surface area (Å²) in [6, 6.07) is 1.05. The minimum Gasteiger partial charge on any atom is -0.327 e. The highest BCUT2D eigenvalue weighted by Gasteiger charge is 2.14. The van der Waals surface area contributed by atoms with E-state index in [9.17, 15) is 0 Å². The molecule has 2 nitrogen and oxygen atoms in total. The van der Waals surface area contributed by atoms with Crippen LogP contribution in [0.5, 0.6) is 0 Å². The molecule has 92 valence electrons. The molecule has 2 unspecified atom stereocenters. The van der Waals surface area contributed by atoms with E-state index in [4.69, 9.17) is 5.73 Å². The second-order valence-electron chi connectivity index (χ2n) is 4.69. The molecule has 0 heterocycles. The Morgan fingerprint density at radius 3 is 2.33 bits per heavy atom. The maximum atomic E-state index is 6.05. The molecule has 3 heteroatoms. The van der Waals surface area contributed by atoms with E-state index < -0.39 is 0 Å². The van der Waals surface area contributed by atoms with Crippen LogP contribution in [0.3, 0.4) is 0 Å². The predicted octanol–water partition coefficient (Wildman–Crippen LogP) is 2.43. The van der Waals surface area contributed by atoms with Crippen molar-refractivity contribution in [2.45, 2.75) is 45.7 Å². The van der Waals surface area contributed by atoms with E-state index in [0.29, 0.717) is 18.0 Å². The second-order valence-corrected chi connectivity index (χ2v) is 5.61. The third-order valence-electron chi connectivity index (χ3n) is 3.13. The zero-order valence-corrected chi connectivity index (χ0v) is 11.8. The highest BCUT2D eigenvalue weighted by molar-refractivity contribution is 7.98. The standard InChI is InChI=1S/C12H28N2S/c1-6-11(9-15-5)14(4)8-7-12(13)10(2)3/h10-12H,6-9,13H2,1-5H3. The normalized spacial score (nSPS) is 16.0. The number of nitrogens with zero attached hydrogens (tertiary/aromatic N) is 1. The first-order chi connectivity index (χ1) is 7.02. The van der Waals surface area contributed by atoms with Gasteiger partial charge in [-0.2, -0.15) is 11.8 Å². The zero-order valence-electron chi connectivity index (χ0n) is 11.0. The lowest BCUT2D eigenvalue weighted by Gasteiger charge is -2.28. The minimum atomic E-state index is 0.347. The Hall–Kier alpha value is 0.270. The van der Waals surface area contributed by atoms with Gasteiger partial charge in [-0.05, 0) is 38.6 Å². The summed E-state index contributed by atoms with van der Waals surface area (Å²) in [5.41, 5.74) is 6.05. The minimum absolute atomic E-state index is 0.347. The summed E-state index contributed by atoms with van der Waals surface area (Å²) in [4.78, 5) is 2.46. The van der Waals surface area contributed by atoms with Gasteiger partial charge in [0, 0.05) is 17.8 Å². The quantitative estimate of drug-likeness (QED) is 0.697. The van der Waals surface area contributed by atoms with Crippen LogP contribution in [0.25, 0.3) is 0 Å². The smallest absolute Gasteiger partial charge is 0.0180 e. The molecule has 2 N–H and O–H groups in total. The molecule has 0 aliphatic carbocycles. The number of hydrogen-bond acceptors (Lipinski definition) is 3. The molecule has 0 aromatic carbocycles. The van der Waals surface area contributed by atoms with Gasteiger partial charge >= 0.3 is 0 Å². The largest absolute Gasteiger partial charge is 0.327 e. The summed E-state index contributed by atoms with van der Waals surface area (Å²) in [6.07, 6.45) is 4.52. The van der Waals surface area contributed by atoms with Crippen LogP contribution in [0.15, 0.2) is 0 Å². The van der Waals surface area contributed by atoms with Gasteiger partial charge in [-0.15, -0.1) is 0 Å². The van der Waals surface area contributed by atoms with Gasteiger partial charge in [0.1, 0.15) is 0 Å². The summed E-state index contributed by atoms with van der Waals surface area (Å²) < 4.78 is 0. The first-order valence-electron chi connectivity index (χ1n) is 5.97. The van der Waals surface area contributed by atoms with Crippen molar-refractivity contribution in [3.63, 3.8) is 0 Å². The molecule has 0 aliphatic heterocycles. The lowest BCUT2D eigenvalue weighted by molar-refractivity contribution is 0.239. The highest BCUT2D eigenvalue weighted by atomic mass is 32.2. The van der Waals surface area contributed by atoms with Crippen LogP contribution in [0.2, 0.25) is 0 Å². The van der Waals surface area contributed by atoms with Crippen LogP contribution in [0.1, 0.15) is 33.6 Å². The van der Waals surface area contributed by atoms with E-state index in [1.54, 1.807) is 0 Å². The van der Waals surface area contributed by atoms with Gasteiger partial charge in [0.05, 0.1) is 0 Å². The van der Waals surface area contributed by atoms with Crippen molar-refractivity contribution in [2.75, 3.05) is 25.6 Å². The monoisotopic (exact) mass is 232 g/mol. The Labute approximate surface area is 100.0 Å². The van der Waals surface area contributed by atoms with E-state index in [2.05, 4.69) is 39.0 Å². The Morgan fingerprint density at radius 1 is 1.33 bits per heavy atom. The average Bonchev–Trinajstić information content (AvgIpc) is 2.21. The van der Waals surface area contributed by atoms with E-state index in [0.717, 1.165) is 13.0 Å². The molecule has 0 aromatic rings. The molecule has 15 heavy (non-hydrogen) atoms. The van der Waals surface area contributed by atoms with Crippen LogP contribution < -0.4 is 5.73 Å². The van der Waals surface area contributed by atoms with Crippen molar-refractivity contribution in [3.05, 3.63) is 0 Å². The third-order valence-corrected chi connectivity index (χ3v) is 3.84. The summed E-state index contributed by atoms with van der Waals surface area (Å²) in [7, 11) is 2.22. The van der Waals surface area contributed by atoms with Crippen molar-refractivity contribution in [1.29, 1.82) is 0 Å². The fraction of sp³-hybridized carbons (Fsp3) is 1.00. The van der Waals surface area contributed by atoms with Crippen molar-refractivity contribution in [3.8, 4) is 0 Å². The van der Waals surface area contributed by atoms with Crippen molar-refractivity contribution >= 4 is 11.8 Å². The average molecular weight is 232 g/mol. The van der Waals surface area contributed by atoms with Crippen LogP contribution in [0, 0.1) is 5.92 Å². The topological polar surface area (TPSA) is 29.3 Å². The molecule has 0 rings (SSSR count). The Balaban J connectivity index is 3.84. The van der Waals surface area contributed by atoms with Gasteiger partial charge in [-0.1, -0.05) is 20.8 Å². The Kier molecular flexibility index (Phi) is 8.58. The molecular weight excluding hydrogens is 204 g/mol. The van der Waals surface area contributed by atoms with E-state index in [1.807, 2.05) is 11.8 Å². The highest BCUT2D eigenvalue weighted by Crippen LogP contribution is 2.10. The number of rotatable bonds is 8. The van der Waals surface area contributed by atoms with Crippen molar-refractivity contribution in [2.24, 2.45) is 11.7 Å². The summed E-state index contributed by atoms with van der Waals surface area (Å²) >= 11 is 1.93. The molecule has 0 saturated heterocycles. The van der Waals surface area contributed by atoms with Gasteiger partial charge < -0.3 is 10.6 Å². The number of hydrogen-bond donors (Lipinski definition) is 1. The maximum absolute atomic E-state index is 6.05. The molecular formula is C12H28N2S. The second kappa shape index (κ2) is 8.43. The molecule has 0 radical (unpaired) electrons. The zero-order chi connectivity index (χ0) is 11.8. The third kappa shape index (κ3) is 6.44. The SMILES string of the molecule is CCC(CSC)N(C)CCC(N)C(C)C. The fourth-order valence-corrected chi connectivity index (χ4v) is 2.49. The molecule has 0 amide bonds. The Morgan fingerprint density at radius 2 is 1.93 bits per heavy atom. The molecule has 2 atom stereocenters.